The third-order valence-electron chi connectivity index (χ3n) is 12.2. The van der Waals surface area contributed by atoms with Crippen molar-refractivity contribution < 1.29 is 9.53 Å². The highest BCUT2D eigenvalue weighted by Gasteiger charge is 2.59. The number of Topliss-reactive ketones (excluding diaryl/α,β-unsaturated/α-hetero) is 1. The van der Waals surface area contributed by atoms with Crippen LogP contribution in [0, 0.1) is 52.8 Å². The smallest absolute Gasteiger partial charge is 0.133 e. The molecule has 1 saturated heterocycles. The van der Waals surface area contributed by atoms with Gasteiger partial charge >= 0.3 is 0 Å². The van der Waals surface area contributed by atoms with E-state index in [0.717, 1.165) is 54.8 Å². The van der Waals surface area contributed by atoms with Crippen LogP contribution in [0.4, 0.5) is 0 Å². The van der Waals surface area contributed by atoms with E-state index >= 15 is 0 Å². The van der Waals surface area contributed by atoms with E-state index in [-0.39, 0.29) is 5.60 Å². The summed E-state index contributed by atoms with van der Waals surface area (Å²) in [5.41, 5.74) is 4.04. The molecule has 32 heavy (non-hydrogen) atoms. The van der Waals surface area contributed by atoms with Crippen LogP contribution in [0.5, 0.6) is 0 Å². The Kier molecular flexibility index (Phi) is 5.08. The van der Waals surface area contributed by atoms with Crippen molar-refractivity contribution in [1.29, 1.82) is 0 Å². The molecule has 2 heteroatoms. The van der Waals surface area contributed by atoms with Crippen LogP contribution in [0.15, 0.2) is 11.1 Å². The molecular formula is C30H46O2. The number of ether oxygens (including phenoxy) is 1. The van der Waals surface area contributed by atoms with Gasteiger partial charge in [0.05, 0.1) is 11.7 Å². The Balaban J connectivity index is 1.28. The van der Waals surface area contributed by atoms with Crippen molar-refractivity contribution in [2.45, 2.75) is 117 Å². The van der Waals surface area contributed by atoms with Gasteiger partial charge in [0.25, 0.3) is 0 Å². The van der Waals surface area contributed by atoms with Gasteiger partial charge in [-0.3, -0.25) is 4.79 Å². The molecule has 0 aromatic rings. The standard InChI is InChI=1S/C30H46O2/c1-17-12-18(2)28-20(4)30(32-27(28)13-17)11-9-23-24-7-6-21-14-22(31)8-10-29(21,5)26(24)15-25(23)19(3)16-30/h17-18,20-21,23-24,26-28H,6-16H2,1-5H3/t17-,18?,20-,21-,23+,24+,26+,27-,28+,29+,30+/m1/s1. The predicted molar refractivity (Wildman–Crippen MR) is 129 cm³/mol. The Labute approximate surface area is 196 Å². The summed E-state index contributed by atoms with van der Waals surface area (Å²) in [6.45, 7) is 12.5. The molecule has 0 amide bonds. The van der Waals surface area contributed by atoms with Crippen molar-refractivity contribution in [2.75, 3.05) is 0 Å². The van der Waals surface area contributed by atoms with Crippen LogP contribution in [-0.4, -0.2) is 17.5 Å². The molecule has 6 rings (SSSR count). The molecule has 178 valence electrons. The average Bonchev–Trinajstić information content (AvgIpc) is 3.19. The molecule has 0 bridgehead atoms. The van der Waals surface area contributed by atoms with Crippen LogP contribution < -0.4 is 0 Å². The van der Waals surface area contributed by atoms with Gasteiger partial charge in [-0.1, -0.05) is 38.8 Å². The molecule has 1 aliphatic heterocycles. The summed E-state index contributed by atoms with van der Waals surface area (Å²) in [5.74, 6) is 6.76. The predicted octanol–water partition coefficient (Wildman–Crippen LogP) is 7.36. The summed E-state index contributed by atoms with van der Waals surface area (Å²) in [6, 6.07) is 0. The fourth-order valence-electron chi connectivity index (χ4n) is 10.7. The van der Waals surface area contributed by atoms with Gasteiger partial charge in [0.2, 0.25) is 0 Å². The van der Waals surface area contributed by atoms with Crippen LogP contribution in [-0.2, 0) is 9.53 Å². The number of fused-ring (bicyclic) bond motifs is 6. The normalized spacial score (nSPS) is 55.3. The van der Waals surface area contributed by atoms with Gasteiger partial charge in [0, 0.05) is 12.8 Å². The minimum absolute atomic E-state index is 0.100. The molecule has 0 aromatic carbocycles. The van der Waals surface area contributed by atoms with Crippen molar-refractivity contribution in [3.8, 4) is 0 Å². The Morgan fingerprint density at radius 2 is 1.81 bits per heavy atom. The fourth-order valence-corrected chi connectivity index (χ4v) is 10.7. The van der Waals surface area contributed by atoms with E-state index in [4.69, 9.17) is 4.74 Å². The van der Waals surface area contributed by atoms with Gasteiger partial charge in [-0.15, -0.1) is 0 Å². The minimum atomic E-state index is 0.100. The number of carbonyl (C=O) groups is 1. The molecular weight excluding hydrogens is 392 g/mol. The number of carbonyl (C=O) groups excluding carboxylic acids is 1. The summed E-state index contributed by atoms with van der Waals surface area (Å²) >= 11 is 0. The molecule has 2 nitrogen and oxygen atoms in total. The number of ketones is 1. The van der Waals surface area contributed by atoms with E-state index in [1.807, 2.05) is 5.57 Å². The van der Waals surface area contributed by atoms with Gasteiger partial charge in [0.15, 0.2) is 0 Å². The molecule has 11 atom stereocenters. The first-order valence-electron chi connectivity index (χ1n) is 14.1. The maximum atomic E-state index is 12.2. The topological polar surface area (TPSA) is 26.3 Å². The highest BCUT2D eigenvalue weighted by atomic mass is 16.5. The molecule has 0 aromatic heterocycles. The van der Waals surface area contributed by atoms with E-state index < -0.39 is 0 Å². The highest BCUT2D eigenvalue weighted by Crippen LogP contribution is 2.65. The van der Waals surface area contributed by atoms with E-state index in [1.54, 1.807) is 5.57 Å². The zero-order valence-corrected chi connectivity index (χ0v) is 21.3. The van der Waals surface area contributed by atoms with Crippen LogP contribution in [0.1, 0.15) is 105 Å². The zero-order valence-electron chi connectivity index (χ0n) is 21.3. The summed E-state index contributed by atoms with van der Waals surface area (Å²) in [4.78, 5) is 12.2. The minimum Gasteiger partial charge on any atom is -0.371 e. The number of allylic oxidation sites excluding steroid dienone is 1. The van der Waals surface area contributed by atoms with Crippen LogP contribution in [0.25, 0.3) is 0 Å². The maximum absolute atomic E-state index is 12.2. The van der Waals surface area contributed by atoms with Crippen molar-refractivity contribution in [3.05, 3.63) is 11.1 Å². The Bertz CT molecular complexity index is 827. The first-order chi connectivity index (χ1) is 15.2. The molecule has 5 fully saturated rings. The van der Waals surface area contributed by atoms with E-state index in [2.05, 4.69) is 34.6 Å². The van der Waals surface area contributed by atoms with Crippen molar-refractivity contribution >= 4 is 5.78 Å². The lowest BCUT2D eigenvalue weighted by Crippen LogP contribution is -2.46. The lowest BCUT2D eigenvalue weighted by molar-refractivity contribution is -0.129. The third kappa shape index (κ3) is 3.03. The molecule has 0 N–H and O–H groups in total. The summed E-state index contributed by atoms with van der Waals surface area (Å²) in [5, 5.41) is 0. The second kappa shape index (κ2) is 7.43. The monoisotopic (exact) mass is 438 g/mol. The lowest BCUT2D eigenvalue weighted by Gasteiger charge is -2.52. The first kappa shape index (κ1) is 21.9. The largest absolute Gasteiger partial charge is 0.371 e. The molecule has 5 aliphatic carbocycles. The van der Waals surface area contributed by atoms with Crippen molar-refractivity contribution in [3.63, 3.8) is 0 Å². The molecule has 6 aliphatic rings. The van der Waals surface area contributed by atoms with Gasteiger partial charge in [-0.2, -0.15) is 0 Å². The first-order valence-corrected chi connectivity index (χ1v) is 14.1. The van der Waals surface area contributed by atoms with E-state index in [9.17, 15) is 4.79 Å². The molecule has 1 heterocycles. The number of rotatable bonds is 0. The molecule has 0 radical (unpaired) electrons. The maximum Gasteiger partial charge on any atom is 0.133 e. The SMILES string of the molecule is CC1=C2C[C@H]3[C@@H](CC[C@@H]4CC(=O)CC[C@@]43C)[C@@H]2CC[C@@]2(C1)O[C@@H]1C[C@H](C)CC(C)[C@H]1[C@H]2C. The van der Waals surface area contributed by atoms with Crippen LogP contribution >= 0.6 is 0 Å². The van der Waals surface area contributed by atoms with Crippen LogP contribution in [0.2, 0.25) is 0 Å². The van der Waals surface area contributed by atoms with Crippen molar-refractivity contribution in [2.24, 2.45) is 52.8 Å². The van der Waals surface area contributed by atoms with Gasteiger partial charge in [-0.05, 0) is 117 Å². The van der Waals surface area contributed by atoms with Gasteiger partial charge in [0.1, 0.15) is 5.78 Å². The number of hydrogen-bond donors (Lipinski definition) is 0. The molecule has 1 unspecified atom stereocenters. The summed E-state index contributed by atoms with van der Waals surface area (Å²) < 4.78 is 7.14. The summed E-state index contributed by atoms with van der Waals surface area (Å²) in [7, 11) is 0. The second-order valence-electron chi connectivity index (χ2n) is 13.8. The number of hydrogen-bond acceptors (Lipinski definition) is 2. The highest BCUT2D eigenvalue weighted by molar-refractivity contribution is 5.79. The molecule has 1 spiro atoms. The van der Waals surface area contributed by atoms with E-state index in [0.29, 0.717) is 29.1 Å². The quantitative estimate of drug-likeness (QED) is 0.369. The Hall–Kier alpha value is -0.630. The zero-order chi connectivity index (χ0) is 22.4. The van der Waals surface area contributed by atoms with E-state index in [1.165, 1.54) is 51.4 Å². The lowest BCUT2D eigenvalue weighted by atomic mass is 9.52. The molecule has 4 saturated carbocycles. The van der Waals surface area contributed by atoms with Gasteiger partial charge in [-0.25, -0.2) is 0 Å². The second-order valence-corrected chi connectivity index (χ2v) is 13.8. The Morgan fingerprint density at radius 3 is 2.62 bits per heavy atom. The van der Waals surface area contributed by atoms with Crippen LogP contribution in [0.3, 0.4) is 0 Å². The Morgan fingerprint density at radius 1 is 1.00 bits per heavy atom. The van der Waals surface area contributed by atoms with Gasteiger partial charge < -0.3 is 4.74 Å². The van der Waals surface area contributed by atoms with Crippen molar-refractivity contribution in [1.82, 2.24) is 0 Å². The fraction of sp³-hybridized carbons (Fsp3) is 0.900. The third-order valence-corrected chi connectivity index (χ3v) is 12.2. The summed E-state index contributed by atoms with van der Waals surface area (Å²) in [6.07, 6.45) is 13.8. The average molecular weight is 439 g/mol.